The highest BCUT2D eigenvalue weighted by molar-refractivity contribution is 7.99. The lowest BCUT2D eigenvalue weighted by Crippen LogP contribution is -2.44. The highest BCUT2D eigenvalue weighted by Crippen LogP contribution is 2.25. The molecule has 3 rings (SSSR count). The Morgan fingerprint density at radius 2 is 2.03 bits per heavy atom. The van der Waals surface area contributed by atoms with E-state index in [1.54, 1.807) is 17.3 Å². The van der Waals surface area contributed by atoms with Crippen LogP contribution in [0.3, 0.4) is 0 Å². The van der Waals surface area contributed by atoms with Gasteiger partial charge in [-0.1, -0.05) is 25.6 Å². The number of hydrogen-bond donors (Lipinski definition) is 0. The van der Waals surface area contributed by atoms with Crippen molar-refractivity contribution in [2.75, 3.05) is 23.8 Å². The summed E-state index contributed by atoms with van der Waals surface area (Å²) in [5, 5.41) is 9.23. The molecule has 1 aliphatic rings. The molecule has 10 heteroatoms. The molecule has 1 aliphatic heterocycles. The van der Waals surface area contributed by atoms with E-state index in [0.717, 1.165) is 11.4 Å². The lowest BCUT2D eigenvalue weighted by molar-refractivity contribution is -0.130. The molecule has 1 amide bonds. The van der Waals surface area contributed by atoms with Gasteiger partial charge in [0.1, 0.15) is 0 Å². The summed E-state index contributed by atoms with van der Waals surface area (Å²) in [6.07, 6.45) is 3.93. The standard InChI is InChI=1S/C19H27N5O3S2/c1-4-23-18(15-5-8-20-9-6-15)21-22-19(23)28-12-17(25)24(11-14(2)3)16-7-10-29(26,27)13-16/h5-6,8-9,14,16H,4,7,10-13H2,1-3H3. The minimum Gasteiger partial charge on any atom is -0.338 e. The van der Waals surface area contributed by atoms with Gasteiger partial charge in [0.05, 0.1) is 17.3 Å². The molecule has 1 unspecified atom stereocenters. The van der Waals surface area contributed by atoms with E-state index in [2.05, 4.69) is 15.2 Å². The Kier molecular flexibility index (Phi) is 6.94. The molecular weight excluding hydrogens is 410 g/mol. The van der Waals surface area contributed by atoms with Crippen LogP contribution in [0.4, 0.5) is 0 Å². The number of nitrogens with zero attached hydrogens (tertiary/aromatic N) is 5. The van der Waals surface area contributed by atoms with Gasteiger partial charge in [0, 0.05) is 37.1 Å². The topological polar surface area (TPSA) is 98.1 Å². The van der Waals surface area contributed by atoms with Crippen LogP contribution < -0.4 is 0 Å². The van der Waals surface area contributed by atoms with Crippen molar-refractivity contribution in [1.82, 2.24) is 24.6 Å². The third-order valence-electron chi connectivity index (χ3n) is 4.83. The van der Waals surface area contributed by atoms with Crippen molar-refractivity contribution in [2.45, 2.75) is 44.9 Å². The molecule has 0 aromatic carbocycles. The smallest absolute Gasteiger partial charge is 0.233 e. The van der Waals surface area contributed by atoms with Crippen LogP contribution in [0.1, 0.15) is 27.2 Å². The van der Waals surface area contributed by atoms with Gasteiger partial charge in [-0.25, -0.2) is 8.42 Å². The first-order valence-corrected chi connectivity index (χ1v) is 12.6. The Labute approximate surface area is 176 Å². The Morgan fingerprint density at radius 3 is 2.62 bits per heavy atom. The fraction of sp³-hybridized carbons (Fsp3) is 0.579. The number of rotatable bonds is 8. The molecule has 0 bridgehead atoms. The molecular formula is C19H27N5O3S2. The summed E-state index contributed by atoms with van der Waals surface area (Å²) in [4.78, 5) is 18.7. The van der Waals surface area contributed by atoms with Crippen molar-refractivity contribution in [2.24, 2.45) is 5.92 Å². The number of amides is 1. The number of hydrogen-bond acceptors (Lipinski definition) is 7. The summed E-state index contributed by atoms with van der Waals surface area (Å²) in [7, 11) is -3.05. The van der Waals surface area contributed by atoms with Crippen LogP contribution >= 0.6 is 11.8 Å². The molecule has 0 aliphatic carbocycles. The highest BCUT2D eigenvalue weighted by Gasteiger charge is 2.34. The predicted molar refractivity (Wildman–Crippen MR) is 113 cm³/mol. The number of carbonyl (C=O) groups is 1. The molecule has 1 atom stereocenters. The molecule has 0 radical (unpaired) electrons. The summed E-state index contributed by atoms with van der Waals surface area (Å²) in [6.45, 7) is 7.31. The van der Waals surface area contributed by atoms with Crippen LogP contribution in [0.15, 0.2) is 29.7 Å². The Bertz CT molecular complexity index is 944. The Morgan fingerprint density at radius 1 is 1.31 bits per heavy atom. The fourth-order valence-electron chi connectivity index (χ4n) is 3.47. The Hall–Kier alpha value is -1.94. The second kappa shape index (κ2) is 9.25. The SMILES string of the molecule is CCn1c(SCC(=O)N(CC(C)C)C2CCS(=O)(=O)C2)nnc1-c1ccncc1. The maximum atomic E-state index is 13.0. The second-order valence-corrected chi connectivity index (χ2v) is 10.7. The van der Waals surface area contributed by atoms with Crippen molar-refractivity contribution in [3.05, 3.63) is 24.5 Å². The Balaban J connectivity index is 1.72. The largest absolute Gasteiger partial charge is 0.338 e. The van der Waals surface area contributed by atoms with Crippen LogP contribution in [0.2, 0.25) is 0 Å². The lowest BCUT2D eigenvalue weighted by Gasteiger charge is -2.29. The summed E-state index contributed by atoms with van der Waals surface area (Å²) in [5.74, 6) is 1.38. The van der Waals surface area contributed by atoms with E-state index in [-0.39, 0.29) is 35.1 Å². The molecule has 0 spiro atoms. The quantitative estimate of drug-likeness (QED) is 0.583. The van der Waals surface area contributed by atoms with E-state index in [1.165, 1.54) is 11.8 Å². The van der Waals surface area contributed by atoms with Gasteiger partial charge in [0.15, 0.2) is 20.8 Å². The van der Waals surface area contributed by atoms with Gasteiger partial charge in [-0.15, -0.1) is 10.2 Å². The first-order valence-electron chi connectivity index (χ1n) is 9.77. The van der Waals surface area contributed by atoms with Crippen molar-refractivity contribution >= 4 is 27.5 Å². The monoisotopic (exact) mass is 437 g/mol. The average Bonchev–Trinajstić information content (AvgIpc) is 3.27. The lowest BCUT2D eigenvalue weighted by atomic mass is 10.1. The summed E-state index contributed by atoms with van der Waals surface area (Å²) in [6, 6.07) is 3.52. The molecule has 1 saturated heterocycles. The molecule has 29 heavy (non-hydrogen) atoms. The maximum absolute atomic E-state index is 13.0. The van der Waals surface area contributed by atoms with E-state index in [4.69, 9.17) is 0 Å². The number of pyridine rings is 1. The van der Waals surface area contributed by atoms with E-state index in [1.807, 2.05) is 37.5 Å². The third kappa shape index (κ3) is 5.36. The number of carbonyl (C=O) groups excluding carboxylic acids is 1. The zero-order valence-corrected chi connectivity index (χ0v) is 18.6. The van der Waals surface area contributed by atoms with Crippen molar-refractivity contribution in [3.8, 4) is 11.4 Å². The minimum absolute atomic E-state index is 0.0538. The highest BCUT2D eigenvalue weighted by atomic mass is 32.2. The molecule has 0 N–H and O–H groups in total. The predicted octanol–water partition coefficient (Wildman–Crippen LogP) is 2.12. The van der Waals surface area contributed by atoms with Crippen molar-refractivity contribution in [1.29, 1.82) is 0 Å². The molecule has 2 aromatic heterocycles. The van der Waals surface area contributed by atoms with Crippen LogP contribution in [0, 0.1) is 5.92 Å². The summed E-state index contributed by atoms with van der Waals surface area (Å²) in [5.41, 5.74) is 0.921. The first-order chi connectivity index (χ1) is 13.8. The molecule has 2 aromatic rings. The van der Waals surface area contributed by atoms with Gasteiger partial charge in [-0.3, -0.25) is 9.78 Å². The fourth-order valence-corrected chi connectivity index (χ4v) is 6.09. The van der Waals surface area contributed by atoms with Gasteiger partial charge in [-0.05, 0) is 31.4 Å². The minimum atomic E-state index is -3.05. The van der Waals surface area contributed by atoms with E-state index in [9.17, 15) is 13.2 Å². The summed E-state index contributed by atoms with van der Waals surface area (Å²) < 4.78 is 25.7. The van der Waals surface area contributed by atoms with Crippen LogP contribution in [-0.4, -0.2) is 68.8 Å². The average molecular weight is 438 g/mol. The number of thioether (sulfide) groups is 1. The van der Waals surface area contributed by atoms with E-state index < -0.39 is 9.84 Å². The molecule has 1 fully saturated rings. The number of aromatic nitrogens is 4. The van der Waals surface area contributed by atoms with Gasteiger partial charge < -0.3 is 9.47 Å². The van der Waals surface area contributed by atoms with Gasteiger partial charge in [-0.2, -0.15) is 0 Å². The van der Waals surface area contributed by atoms with Gasteiger partial charge in [0.2, 0.25) is 5.91 Å². The van der Waals surface area contributed by atoms with Crippen LogP contribution in [-0.2, 0) is 21.2 Å². The second-order valence-electron chi connectivity index (χ2n) is 7.57. The molecule has 8 nitrogen and oxygen atoms in total. The van der Waals surface area contributed by atoms with Crippen LogP contribution in [0.25, 0.3) is 11.4 Å². The van der Waals surface area contributed by atoms with Gasteiger partial charge >= 0.3 is 0 Å². The third-order valence-corrected chi connectivity index (χ3v) is 7.53. The normalized spacial score (nSPS) is 18.3. The van der Waals surface area contributed by atoms with Crippen molar-refractivity contribution in [3.63, 3.8) is 0 Å². The van der Waals surface area contributed by atoms with Gasteiger partial charge in [0.25, 0.3) is 0 Å². The van der Waals surface area contributed by atoms with Crippen LogP contribution in [0.5, 0.6) is 0 Å². The number of sulfone groups is 1. The molecule has 3 heterocycles. The van der Waals surface area contributed by atoms with E-state index >= 15 is 0 Å². The zero-order valence-electron chi connectivity index (χ0n) is 17.0. The zero-order chi connectivity index (χ0) is 21.0. The molecule has 0 saturated carbocycles. The maximum Gasteiger partial charge on any atom is 0.233 e. The van der Waals surface area contributed by atoms with E-state index in [0.29, 0.717) is 24.7 Å². The summed E-state index contributed by atoms with van der Waals surface area (Å²) >= 11 is 1.34. The van der Waals surface area contributed by atoms with Crippen molar-refractivity contribution < 1.29 is 13.2 Å². The molecule has 158 valence electrons. The first kappa shape index (κ1) is 21.8.